The number of rotatable bonds is 10. The molecule has 5 aromatic carbocycles. The number of halogens is 1. The van der Waals surface area contributed by atoms with Crippen LogP contribution in [-0.4, -0.2) is 66.8 Å². The molecule has 0 radical (unpaired) electrons. The van der Waals surface area contributed by atoms with E-state index in [-0.39, 0.29) is 11.8 Å². The highest BCUT2D eigenvalue weighted by Crippen LogP contribution is 2.32. The highest BCUT2D eigenvalue weighted by atomic mass is 79.9. The van der Waals surface area contributed by atoms with E-state index < -0.39 is 16.6 Å². The van der Waals surface area contributed by atoms with Crippen molar-refractivity contribution in [2.24, 2.45) is 5.92 Å². The van der Waals surface area contributed by atoms with Crippen molar-refractivity contribution in [2.75, 3.05) is 34.3 Å². The molecule has 0 saturated carbocycles. The molecule has 9 heteroatoms. The molecule has 0 spiro atoms. The molecule has 0 aromatic heterocycles. The smallest absolute Gasteiger partial charge is 0.311 e. The molecule has 1 amide bonds. The summed E-state index contributed by atoms with van der Waals surface area (Å²) in [5, 5.41) is 6.20. The summed E-state index contributed by atoms with van der Waals surface area (Å²) in [7, 11) is 0.186. The van der Waals surface area contributed by atoms with E-state index in [0.29, 0.717) is 0 Å². The first-order valence-electron chi connectivity index (χ1n) is 17.0. The van der Waals surface area contributed by atoms with Gasteiger partial charge in [-0.2, -0.15) is 0 Å². The van der Waals surface area contributed by atoms with Crippen LogP contribution in [0.25, 0.3) is 0 Å². The van der Waals surface area contributed by atoms with Crippen LogP contribution in [0.3, 0.4) is 0 Å². The Labute approximate surface area is 308 Å². The summed E-state index contributed by atoms with van der Waals surface area (Å²) in [6.45, 7) is 6.53. The van der Waals surface area contributed by atoms with Gasteiger partial charge in [0.2, 0.25) is 5.91 Å². The molecule has 1 heterocycles. The van der Waals surface area contributed by atoms with Crippen LogP contribution in [0.15, 0.2) is 144 Å². The number of piperidine rings is 1. The zero-order valence-electron chi connectivity index (χ0n) is 29.6. The van der Waals surface area contributed by atoms with Crippen molar-refractivity contribution in [3.63, 3.8) is 0 Å². The molecule has 0 unspecified atom stereocenters. The molecule has 260 valence electrons. The van der Waals surface area contributed by atoms with Crippen LogP contribution in [-0.2, 0) is 9.63 Å². The van der Waals surface area contributed by atoms with Crippen LogP contribution in [0.5, 0.6) is 11.5 Å². The van der Waals surface area contributed by atoms with Gasteiger partial charge >= 0.3 is 16.6 Å². The summed E-state index contributed by atoms with van der Waals surface area (Å²) in [6, 6.07) is 48.3. The number of hydrogen-bond donors (Lipinski definition) is 0. The third-order valence-corrected chi connectivity index (χ3v) is 17.2. The second-order valence-electron chi connectivity index (χ2n) is 12.9. The number of hydrogen-bond acceptors (Lipinski definition) is 5. The average molecular weight is 768 g/mol. The molecule has 1 fully saturated rings. The van der Waals surface area contributed by atoms with Crippen LogP contribution in [0.1, 0.15) is 12.8 Å². The van der Waals surface area contributed by atoms with E-state index >= 15 is 0 Å². The van der Waals surface area contributed by atoms with Gasteiger partial charge in [-0.05, 0) is 94.9 Å². The maximum absolute atomic E-state index is 11.6. The third-order valence-electron chi connectivity index (χ3n) is 9.49. The van der Waals surface area contributed by atoms with Gasteiger partial charge in [0.15, 0.2) is 0 Å². The molecule has 50 heavy (non-hydrogen) atoms. The Hall–Kier alpha value is -4.00. The van der Waals surface area contributed by atoms with Crippen molar-refractivity contribution in [1.29, 1.82) is 0 Å². The van der Waals surface area contributed by atoms with Crippen molar-refractivity contribution in [3.8, 4) is 11.5 Å². The summed E-state index contributed by atoms with van der Waals surface area (Å²) >= 11 is 3.75. The van der Waals surface area contributed by atoms with E-state index in [4.69, 9.17) is 13.7 Å². The second-order valence-corrected chi connectivity index (χ2v) is 20.6. The Bertz CT molecular complexity index is 1710. The Morgan fingerprint density at radius 3 is 1.48 bits per heavy atom. The predicted octanol–water partition coefficient (Wildman–Crippen LogP) is 6.33. The molecule has 1 aliphatic heterocycles. The fourth-order valence-corrected chi connectivity index (χ4v) is 12.4. The second kappa shape index (κ2) is 17.3. The van der Waals surface area contributed by atoms with E-state index in [1.165, 1.54) is 32.9 Å². The van der Waals surface area contributed by atoms with Crippen LogP contribution < -0.4 is 29.6 Å². The van der Waals surface area contributed by atoms with Gasteiger partial charge in [-0.1, -0.05) is 121 Å². The van der Waals surface area contributed by atoms with E-state index in [9.17, 15) is 4.79 Å². The molecule has 0 bridgehead atoms. The Morgan fingerprint density at radius 1 is 0.680 bits per heavy atom. The number of hydroxylamine groups is 2. The zero-order valence-corrected chi connectivity index (χ0v) is 33.2. The third kappa shape index (κ3) is 9.02. The summed E-state index contributed by atoms with van der Waals surface area (Å²) in [5.74, 6) is 1.85. The highest BCUT2D eigenvalue weighted by molar-refractivity contribution is 9.10. The fourth-order valence-electron chi connectivity index (χ4n) is 6.28. The van der Waals surface area contributed by atoms with Crippen molar-refractivity contribution in [3.05, 3.63) is 144 Å². The van der Waals surface area contributed by atoms with Gasteiger partial charge in [-0.3, -0.25) is 9.63 Å². The number of carbonyl (C=O) groups excluding carboxylic acids is 1. The van der Waals surface area contributed by atoms with Gasteiger partial charge in [-0.15, -0.1) is 0 Å². The lowest BCUT2D eigenvalue weighted by atomic mass is 9.96. The van der Waals surface area contributed by atoms with Crippen molar-refractivity contribution < 1.29 is 18.5 Å². The summed E-state index contributed by atoms with van der Waals surface area (Å²) < 4.78 is 14.9. The molecule has 0 atom stereocenters. The molecular formula is C41H47BrN2O4Si2. The van der Waals surface area contributed by atoms with Gasteiger partial charge in [0.1, 0.15) is 11.5 Å². The maximum atomic E-state index is 11.6. The molecule has 5 aromatic rings. The molecule has 6 rings (SSSR count). The molecule has 1 saturated heterocycles. The molecule has 6 nitrogen and oxygen atoms in total. The maximum Gasteiger partial charge on any atom is 0.311 e. The molecular weight excluding hydrogens is 721 g/mol. The first-order chi connectivity index (χ1) is 24.1. The van der Waals surface area contributed by atoms with Gasteiger partial charge < -0.3 is 13.8 Å². The lowest BCUT2D eigenvalue weighted by Gasteiger charge is -2.32. The van der Waals surface area contributed by atoms with Crippen molar-refractivity contribution in [1.82, 2.24) is 9.96 Å². The van der Waals surface area contributed by atoms with Crippen LogP contribution >= 0.6 is 15.9 Å². The quantitative estimate of drug-likeness (QED) is 0.123. The zero-order chi connectivity index (χ0) is 35.6. The fraction of sp³-hybridized carbons (Fsp3) is 0.244. The van der Waals surface area contributed by atoms with Gasteiger partial charge in [0.25, 0.3) is 0 Å². The normalized spacial score (nSPS) is 13.9. The van der Waals surface area contributed by atoms with Gasteiger partial charge in [0.05, 0.1) is 11.6 Å². The highest BCUT2D eigenvalue weighted by Gasteiger charge is 2.38. The first kappa shape index (κ1) is 37.3. The summed E-state index contributed by atoms with van der Waals surface area (Å²) in [6.07, 6.45) is 1.89. The molecule has 1 aliphatic rings. The van der Waals surface area contributed by atoms with Crippen LogP contribution in [0.2, 0.25) is 13.1 Å². The van der Waals surface area contributed by atoms with E-state index in [0.717, 1.165) is 41.9 Å². The number of likely N-dealkylation sites (tertiary alicyclic amines) is 1. The SMILES string of the molecule is CON(C)C(=O)C1CCN(C)CC1.C[Si](Oc1ccc(Br)c(O[Si](C)(c2ccccc2)c2ccccc2)c1)(c1ccccc1)c1ccccc1. The topological polar surface area (TPSA) is 51.2 Å². The first-order valence-corrected chi connectivity index (χ1v) is 22.6. The minimum absolute atomic E-state index is 0.107. The summed E-state index contributed by atoms with van der Waals surface area (Å²) in [4.78, 5) is 18.7. The largest absolute Gasteiger partial charge is 0.535 e. The standard InChI is InChI=1S/C32H29BrO2Si2.C9H18N2O2/c1-36(27-15-7-3-8-16-27,28-17-9-4-10-18-28)34-26-23-24-31(33)32(25-26)35-37(2,29-19-11-5-12-20-29)30-21-13-6-14-22-30;1-10-6-4-8(5-7-10)9(12)11(2)13-3/h3-25H,1-2H3;8H,4-7H2,1-3H3. The lowest BCUT2D eigenvalue weighted by Crippen LogP contribution is -2.61. The Balaban J connectivity index is 0.000000315. The van der Waals surface area contributed by atoms with Gasteiger partial charge in [0, 0.05) is 19.0 Å². The average Bonchev–Trinajstić information content (AvgIpc) is 3.17. The van der Waals surface area contributed by atoms with E-state index in [2.05, 4.69) is 138 Å². The van der Waals surface area contributed by atoms with Crippen molar-refractivity contribution >= 4 is 59.2 Å². The summed E-state index contributed by atoms with van der Waals surface area (Å²) in [5.41, 5.74) is 0. The van der Waals surface area contributed by atoms with E-state index in [1.54, 1.807) is 7.05 Å². The Kier molecular flexibility index (Phi) is 12.9. The number of nitrogens with zero attached hydrogens (tertiary/aromatic N) is 2. The Morgan fingerprint density at radius 2 is 1.08 bits per heavy atom. The predicted molar refractivity (Wildman–Crippen MR) is 213 cm³/mol. The van der Waals surface area contributed by atoms with Gasteiger partial charge in [-0.25, -0.2) is 5.06 Å². The molecule has 0 aliphatic carbocycles. The number of amides is 1. The minimum Gasteiger partial charge on any atom is -0.535 e. The minimum atomic E-state index is -2.56. The van der Waals surface area contributed by atoms with Crippen LogP contribution in [0, 0.1) is 5.92 Å². The number of carbonyl (C=O) groups is 1. The number of benzene rings is 5. The lowest BCUT2D eigenvalue weighted by molar-refractivity contribution is -0.174. The van der Waals surface area contributed by atoms with Crippen molar-refractivity contribution in [2.45, 2.75) is 25.9 Å². The van der Waals surface area contributed by atoms with E-state index in [1.807, 2.05) is 42.5 Å². The monoisotopic (exact) mass is 766 g/mol. The van der Waals surface area contributed by atoms with Crippen LogP contribution in [0.4, 0.5) is 0 Å². The molecule has 0 N–H and O–H groups in total.